The first-order valence-corrected chi connectivity index (χ1v) is 8.60. The number of rotatable bonds is 6. The Labute approximate surface area is 134 Å². The predicted octanol–water partition coefficient (Wildman–Crippen LogP) is 1.15. The van der Waals surface area contributed by atoms with E-state index >= 15 is 0 Å². The van der Waals surface area contributed by atoms with E-state index in [0.717, 1.165) is 18.1 Å². The molecule has 1 aromatic carbocycles. The highest BCUT2D eigenvalue weighted by Gasteiger charge is 2.21. The van der Waals surface area contributed by atoms with E-state index in [2.05, 4.69) is 47.9 Å². The van der Waals surface area contributed by atoms with Gasteiger partial charge < -0.3 is 15.5 Å². The van der Waals surface area contributed by atoms with Crippen LogP contribution in [-0.4, -0.2) is 37.3 Å². The molecule has 0 bridgehead atoms. The normalized spacial score (nSPS) is 21.8. The molecule has 116 valence electrons. The maximum atomic E-state index is 5.40. The molecule has 3 nitrogen and oxygen atoms in total. The third kappa shape index (κ3) is 6.02. The van der Waals surface area contributed by atoms with Crippen LogP contribution in [0.4, 0.5) is 0 Å². The highest BCUT2D eigenvalue weighted by molar-refractivity contribution is 7.80. The van der Waals surface area contributed by atoms with Gasteiger partial charge in [0, 0.05) is 25.4 Å². The maximum absolute atomic E-state index is 5.40. The molecular formula is C17H28N3S+. The minimum absolute atomic E-state index is 0.558. The summed E-state index contributed by atoms with van der Waals surface area (Å²) < 4.78 is 0. The van der Waals surface area contributed by atoms with Crippen LogP contribution < -0.4 is 15.5 Å². The number of benzene rings is 1. The van der Waals surface area contributed by atoms with Crippen LogP contribution in [0.15, 0.2) is 30.3 Å². The van der Waals surface area contributed by atoms with Crippen LogP contribution in [0.25, 0.3) is 0 Å². The van der Waals surface area contributed by atoms with Crippen molar-refractivity contribution in [2.45, 2.75) is 38.6 Å². The Morgan fingerprint density at radius 2 is 1.95 bits per heavy atom. The summed E-state index contributed by atoms with van der Waals surface area (Å²) in [5.74, 6) is 0. The van der Waals surface area contributed by atoms with Gasteiger partial charge in [0.25, 0.3) is 0 Å². The molecule has 1 saturated heterocycles. The number of nitrogens with one attached hydrogen (secondary N) is 3. The Bertz CT molecular complexity index is 413. The van der Waals surface area contributed by atoms with Crippen molar-refractivity contribution >= 4 is 17.3 Å². The summed E-state index contributed by atoms with van der Waals surface area (Å²) >= 11 is 5.40. The largest absolute Gasteiger partial charge is 0.362 e. The summed E-state index contributed by atoms with van der Waals surface area (Å²) in [5.41, 5.74) is 1.35. The van der Waals surface area contributed by atoms with Gasteiger partial charge in [0.2, 0.25) is 0 Å². The zero-order chi connectivity index (χ0) is 14.9. The molecule has 0 amide bonds. The molecule has 1 heterocycles. The van der Waals surface area contributed by atoms with Crippen molar-refractivity contribution < 1.29 is 4.90 Å². The third-order valence-corrected chi connectivity index (χ3v) is 4.44. The maximum Gasteiger partial charge on any atom is 0.166 e. The van der Waals surface area contributed by atoms with E-state index in [1.165, 1.54) is 44.5 Å². The Morgan fingerprint density at radius 3 is 2.62 bits per heavy atom. The lowest BCUT2D eigenvalue weighted by molar-refractivity contribution is -0.905. The van der Waals surface area contributed by atoms with Crippen LogP contribution in [0.1, 0.15) is 31.7 Å². The molecule has 1 aromatic rings. The minimum Gasteiger partial charge on any atom is -0.362 e. The van der Waals surface area contributed by atoms with Crippen molar-refractivity contribution in [3.63, 3.8) is 0 Å². The van der Waals surface area contributed by atoms with Crippen molar-refractivity contribution in [2.24, 2.45) is 0 Å². The average Bonchev–Trinajstić information content (AvgIpc) is 2.51. The highest BCUT2D eigenvalue weighted by atomic mass is 32.1. The standard InChI is InChI=1S/C17H27N3S/c1-2-12-20-13-9-16(10-14-20)19-17(21)18-11-8-15-6-4-3-5-7-15/h3-7,16H,2,8-14H2,1H3,(H2,18,19,21)/p+1. The van der Waals surface area contributed by atoms with Gasteiger partial charge in [-0.1, -0.05) is 37.3 Å². The Kier molecular flexibility index (Phi) is 6.96. The van der Waals surface area contributed by atoms with Crippen molar-refractivity contribution in [1.82, 2.24) is 10.6 Å². The van der Waals surface area contributed by atoms with Gasteiger partial charge in [0.05, 0.1) is 19.6 Å². The Hall–Kier alpha value is -1.13. The van der Waals surface area contributed by atoms with Gasteiger partial charge in [0.15, 0.2) is 5.11 Å². The zero-order valence-corrected chi connectivity index (χ0v) is 13.8. The first kappa shape index (κ1) is 16.2. The van der Waals surface area contributed by atoms with Gasteiger partial charge in [-0.3, -0.25) is 0 Å². The van der Waals surface area contributed by atoms with Crippen LogP contribution in [0.3, 0.4) is 0 Å². The van der Waals surface area contributed by atoms with Crippen molar-refractivity contribution in [3.8, 4) is 0 Å². The summed E-state index contributed by atoms with van der Waals surface area (Å²) in [6.45, 7) is 7.03. The fourth-order valence-electron chi connectivity index (χ4n) is 2.98. The lowest BCUT2D eigenvalue weighted by atomic mass is 10.1. The van der Waals surface area contributed by atoms with E-state index < -0.39 is 0 Å². The first-order chi connectivity index (χ1) is 10.3. The van der Waals surface area contributed by atoms with Crippen LogP contribution in [-0.2, 0) is 6.42 Å². The molecule has 4 heteroatoms. The minimum atomic E-state index is 0.558. The summed E-state index contributed by atoms with van der Waals surface area (Å²) in [7, 11) is 0. The molecule has 1 aliphatic heterocycles. The Morgan fingerprint density at radius 1 is 1.24 bits per heavy atom. The van der Waals surface area contributed by atoms with E-state index in [1.807, 2.05) is 0 Å². The van der Waals surface area contributed by atoms with Crippen molar-refractivity contribution in [3.05, 3.63) is 35.9 Å². The zero-order valence-electron chi connectivity index (χ0n) is 13.0. The SMILES string of the molecule is CCC[NH+]1CCC(NC(=S)NCCc2ccccc2)CC1. The average molecular weight is 306 g/mol. The van der Waals surface area contributed by atoms with E-state index in [1.54, 1.807) is 4.90 Å². The number of piperidine rings is 1. The summed E-state index contributed by atoms with van der Waals surface area (Å²) in [6, 6.07) is 11.1. The van der Waals surface area contributed by atoms with E-state index in [4.69, 9.17) is 12.2 Å². The van der Waals surface area contributed by atoms with Crippen molar-refractivity contribution in [1.29, 1.82) is 0 Å². The second kappa shape index (κ2) is 9.00. The summed E-state index contributed by atoms with van der Waals surface area (Å²) in [5, 5.41) is 7.62. The first-order valence-electron chi connectivity index (χ1n) is 8.19. The van der Waals surface area contributed by atoms with Gasteiger partial charge in [-0.15, -0.1) is 0 Å². The lowest BCUT2D eigenvalue weighted by Crippen LogP contribution is -3.13. The molecular weight excluding hydrogens is 278 g/mol. The van der Waals surface area contributed by atoms with Gasteiger partial charge >= 0.3 is 0 Å². The molecule has 0 radical (unpaired) electrons. The smallest absolute Gasteiger partial charge is 0.166 e. The molecule has 0 saturated carbocycles. The molecule has 3 N–H and O–H groups in total. The van der Waals surface area contributed by atoms with Gasteiger partial charge in [0.1, 0.15) is 0 Å². The molecule has 1 fully saturated rings. The summed E-state index contributed by atoms with van der Waals surface area (Å²) in [6.07, 6.45) is 4.76. The highest BCUT2D eigenvalue weighted by Crippen LogP contribution is 2.00. The number of thiocarbonyl (C=S) groups is 1. The monoisotopic (exact) mass is 306 g/mol. The van der Waals surface area contributed by atoms with Crippen LogP contribution in [0, 0.1) is 0 Å². The third-order valence-electron chi connectivity index (χ3n) is 4.17. The van der Waals surface area contributed by atoms with Crippen LogP contribution in [0.2, 0.25) is 0 Å². The molecule has 21 heavy (non-hydrogen) atoms. The van der Waals surface area contributed by atoms with Crippen molar-refractivity contribution in [2.75, 3.05) is 26.2 Å². The molecule has 0 atom stereocenters. The number of hydrogen-bond donors (Lipinski definition) is 3. The van der Waals surface area contributed by atoms with E-state index in [9.17, 15) is 0 Å². The second-order valence-corrected chi connectivity index (χ2v) is 6.32. The van der Waals surface area contributed by atoms with Gasteiger partial charge in [-0.2, -0.15) is 0 Å². The second-order valence-electron chi connectivity index (χ2n) is 5.91. The van der Waals surface area contributed by atoms with Crippen LogP contribution >= 0.6 is 12.2 Å². The summed E-state index contributed by atoms with van der Waals surface area (Å²) in [4.78, 5) is 1.75. The molecule has 0 spiro atoms. The molecule has 2 rings (SSSR count). The quantitative estimate of drug-likeness (QED) is 0.689. The van der Waals surface area contributed by atoms with Crippen LogP contribution in [0.5, 0.6) is 0 Å². The molecule has 0 aromatic heterocycles. The van der Waals surface area contributed by atoms with E-state index in [-0.39, 0.29) is 0 Å². The number of likely N-dealkylation sites (tertiary alicyclic amines) is 1. The fourth-order valence-corrected chi connectivity index (χ4v) is 3.24. The van der Waals surface area contributed by atoms with Gasteiger partial charge in [-0.05, 0) is 30.6 Å². The Balaban J connectivity index is 1.60. The topological polar surface area (TPSA) is 28.5 Å². The molecule has 0 unspecified atom stereocenters. The predicted molar refractivity (Wildman–Crippen MR) is 92.8 cm³/mol. The van der Waals surface area contributed by atoms with Gasteiger partial charge in [-0.25, -0.2) is 0 Å². The lowest BCUT2D eigenvalue weighted by Gasteiger charge is -2.30. The number of quaternary nitrogens is 1. The number of hydrogen-bond acceptors (Lipinski definition) is 1. The fraction of sp³-hybridized carbons (Fsp3) is 0.588. The molecule has 0 aliphatic carbocycles. The molecule has 1 aliphatic rings. The van der Waals surface area contributed by atoms with E-state index in [0.29, 0.717) is 6.04 Å².